The van der Waals surface area contributed by atoms with E-state index in [9.17, 15) is 4.79 Å². The number of amides is 1. The van der Waals surface area contributed by atoms with Crippen LogP contribution >= 0.6 is 23.4 Å². The Morgan fingerprint density at radius 1 is 1.17 bits per heavy atom. The van der Waals surface area contributed by atoms with Gasteiger partial charge in [0.25, 0.3) is 5.91 Å². The second kappa shape index (κ2) is 11.0. The monoisotopic (exact) mass is 447 g/mol. The van der Waals surface area contributed by atoms with E-state index in [1.165, 1.54) is 11.8 Å². The first-order valence-corrected chi connectivity index (χ1v) is 11.9. The summed E-state index contributed by atoms with van der Waals surface area (Å²) in [4.78, 5) is 28.3. The highest BCUT2D eigenvalue weighted by molar-refractivity contribution is 7.98. The summed E-state index contributed by atoms with van der Waals surface area (Å²) in [5.74, 6) is 1.62. The second-order valence-corrected chi connectivity index (χ2v) is 8.80. The van der Waals surface area contributed by atoms with Crippen LogP contribution < -0.4 is 4.90 Å². The van der Waals surface area contributed by atoms with Gasteiger partial charge in [0.2, 0.25) is 0 Å². The van der Waals surface area contributed by atoms with Crippen molar-refractivity contribution in [1.29, 1.82) is 0 Å². The van der Waals surface area contributed by atoms with Crippen molar-refractivity contribution < 1.29 is 4.79 Å². The number of carbonyl (C=O) groups is 1. The van der Waals surface area contributed by atoms with Gasteiger partial charge in [0.1, 0.15) is 11.0 Å². The molecule has 1 fully saturated rings. The zero-order valence-corrected chi connectivity index (χ0v) is 19.5. The number of anilines is 1. The standard InChI is InChI=1S/C22H30ClN5OS/c1-4-9-26(3)20-15-19(23)24-22(25-20)30-16-17-7-6-8-18(14-17)21(29)28-12-10-27(5-2)11-13-28/h6-8,14-15H,4-5,9-13,16H2,1-3H3. The lowest BCUT2D eigenvalue weighted by Gasteiger charge is -2.34. The van der Waals surface area contributed by atoms with Gasteiger partial charge in [0.05, 0.1) is 0 Å². The van der Waals surface area contributed by atoms with E-state index in [0.29, 0.717) is 16.1 Å². The summed E-state index contributed by atoms with van der Waals surface area (Å²) in [6.45, 7) is 9.70. The number of hydrogen-bond acceptors (Lipinski definition) is 6. The molecule has 162 valence electrons. The number of thioether (sulfide) groups is 1. The normalized spacial score (nSPS) is 14.7. The topological polar surface area (TPSA) is 52.6 Å². The van der Waals surface area contributed by atoms with Crippen LogP contribution in [0.15, 0.2) is 35.5 Å². The lowest BCUT2D eigenvalue weighted by molar-refractivity contribution is 0.0643. The molecule has 1 aromatic heterocycles. The zero-order chi connectivity index (χ0) is 21.5. The van der Waals surface area contributed by atoms with Gasteiger partial charge in [-0.2, -0.15) is 0 Å². The first-order chi connectivity index (χ1) is 14.5. The predicted octanol–water partition coefficient (Wildman–Crippen LogP) is 4.05. The highest BCUT2D eigenvalue weighted by atomic mass is 35.5. The summed E-state index contributed by atoms with van der Waals surface area (Å²) in [5, 5.41) is 1.09. The van der Waals surface area contributed by atoms with Crippen molar-refractivity contribution in [1.82, 2.24) is 19.8 Å². The van der Waals surface area contributed by atoms with E-state index in [1.54, 1.807) is 6.07 Å². The Kier molecular flexibility index (Phi) is 8.36. The van der Waals surface area contributed by atoms with Gasteiger partial charge in [-0.3, -0.25) is 4.79 Å². The number of likely N-dealkylation sites (N-methyl/N-ethyl adjacent to an activating group) is 1. The molecule has 0 atom stereocenters. The average molecular weight is 448 g/mol. The molecule has 2 heterocycles. The molecule has 1 aliphatic rings. The third kappa shape index (κ3) is 6.09. The minimum absolute atomic E-state index is 0.111. The van der Waals surface area contributed by atoms with Gasteiger partial charge in [-0.15, -0.1) is 0 Å². The maximum absolute atomic E-state index is 12.9. The van der Waals surface area contributed by atoms with Gasteiger partial charge in [-0.1, -0.05) is 49.3 Å². The van der Waals surface area contributed by atoms with Gasteiger partial charge < -0.3 is 14.7 Å². The number of piperazine rings is 1. The minimum Gasteiger partial charge on any atom is -0.360 e. The van der Waals surface area contributed by atoms with Crippen LogP contribution in [0.2, 0.25) is 5.15 Å². The van der Waals surface area contributed by atoms with Crippen LogP contribution in [0, 0.1) is 0 Å². The molecule has 30 heavy (non-hydrogen) atoms. The van der Waals surface area contributed by atoms with Gasteiger partial charge in [0.15, 0.2) is 5.16 Å². The molecule has 1 saturated heterocycles. The van der Waals surface area contributed by atoms with Gasteiger partial charge in [-0.05, 0) is 30.7 Å². The Hall–Kier alpha value is -1.83. The number of rotatable bonds is 8. The molecule has 0 unspecified atom stereocenters. The molecule has 6 nitrogen and oxygen atoms in total. The molecule has 0 radical (unpaired) electrons. The van der Waals surface area contributed by atoms with Crippen molar-refractivity contribution in [2.75, 3.05) is 51.2 Å². The number of carbonyl (C=O) groups excluding carboxylic acids is 1. The molecule has 8 heteroatoms. The van der Waals surface area contributed by atoms with Crippen molar-refractivity contribution in [3.05, 3.63) is 46.6 Å². The lowest BCUT2D eigenvalue weighted by Crippen LogP contribution is -2.48. The number of halogens is 1. The average Bonchev–Trinajstić information content (AvgIpc) is 2.77. The van der Waals surface area contributed by atoms with E-state index in [-0.39, 0.29) is 5.91 Å². The maximum atomic E-state index is 12.9. The Morgan fingerprint density at radius 3 is 2.63 bits per heavy atom. The Morgan fingerprint density at radius 2 is 1.93 bits per heavy atom. The van der Waals surface area contributed by atoms with Crippen molar-refractivity contribution >= 4 is 35.1 Å². The van der Waals surface area contributed by atoms with Gasteiger partial charge in [-0.25, -0.2) is 9.97 Å². The van der Waals surface area contributed by atoms with E-state index in [1.807, 2.05) is 36.2 Å². The quantitative estimate of drug-likeness (QED) is 0.345. The molecule has 0 aliphatic carbocycles. The Labute approximate surface area is 188 Å². The number of aromatic nitrogens is 2. The van der Waals surface area contributed by atoms with E-state index < -0.39 is 0 Å². The van der Waals surface area contributed by atoms with Crippen LogP contribution in [-0.4, -0.2) is 72.0 Å². The summed E-state index contributed by atoms with van der Waals surface area (Å²) >= 11 is 7.74. The highest BCUT2D eigenvalue weighted by Crippen LogP contribution is 2.25. The predicted molar refractivity (Wildman–Crippen MR) is 125 cm³/mol. The molecule has 1 aromatic carbocycles. The van der Waals surface area contributed by atoms with Crippen molar-refractivity contribution in [2.24, 2.45) is 0 Å². The number of nitrogens with zero attached hydrogens (tertiary/aromatic N) is 5. The third-order valence-electron chi connectivity index (χ3n) is 5.26. The first kappa shape index (κ1) is 22.8. The van der Waals surface area contributed by atoms with Crippen LogP contribution in [0.4, 0.5) is 5.82 Å². The Bertz CT molecular complexity index is 857. The first-order valence-electron chi connectivity index (χ1n) is 10.5. The van der Waals surface area contributed by atoms with E-state index in [0.717, 1.165) is 62.6 Å². The molecule has 2 aromatic rings. The van der Waals surface area contributed by atoms with Crippen LogP contribution in [0.3, 0.4) is 0 Å². The molecule has 1 amide bonds. The molecule has 0 N–H and O–H groups in total. The SMILES string of the molecule is CCCN(C)c1cc(Cl)nc(SCc2cccc(C(=O)N3CCN(CC)CC3)c2)n1. The maximum Gasteiger partial charge on any atom is 0.253 e. The van der Waals surface area contributed by atoms with Crippen molar-refractivity contribution in [3.63, 3.8) is 0 Å². The summed E-state index contributed by atoms with van der Waals surface area (Å²) in [6, 6.07) is 9.66. The molecule has 0 saturated carbocycles. The molecular formula is C22H30ClN5OS. The fraction of sp³-hybridized carbons (Fsp3) is 0.500. The largest absolute Gasteiger partial charge is 0.360 e. The molecule has 1 aliphatic heterocycles. The summed E-state index contributed by atoms with van der Waals surface area (Å²) < 4.78 is 0. The van der Waals surface area contributed by atoms with Crippen molar-refractivity contribution in [2.45, 2.75) is 31.2 Å². The van der Waals surface area contributed by atoms with Crippen LogP contribution in [0.1, 0.15) is 36.2 Å². The summed E-state index contributed by atoms with van der Waals surface area (Å²) in [7, 11) is 2.01. The lowest BCUT2D eigenvalue weighted by atomic mass is 10.1. The van der Waals surface area contributed by atoms with E-state index >= 15 is 0 Å². The Balaban J connectivity index is 1.64. The number of benzene rings is 1. The van der Waals surface area contributed by atoms with Crippen molar-refractivity contribution in [3.8, 4) is 0 Å². The second-order valence-electron chi connectivity index (χ2n) is 7.47. The van der Waals surface area contributed by atoms with E-state index in [2.05, 4.69) is 33.6 Å². The zero-order valence-electron chi connectivity index (χ0n) is 18.0. The summed E-state index contributed by atoms with van der Waals surface area (Å²) in [5.41, 5.74) is 1.82. The van der Waals surface area contributed by atoms with Crippen LogP contribution in [0.5, 0.6) is 0 Å². The van der Waals surface area contributed by atoms with Gasteiger partial charge in [0, 0.05) is 57.2 Å². The fourth-order valence-electron chi connectivity index (χ4n) is 3.49. The smallest absolute Gasteiger partial charge is 0.253 e. The van der Waals surface area contributed by atoms with Crippen LogP contribution in [0.25, 0.3) is 0 Å². The fourth-order valence-corrected chi connectivity index (χ4v) is 4.51. The molecule has 3 rings (SSSR count). The molecular weight excluding hydrogens is 418 g/mol. The van der Waals surface area contributed by atoms with E-state index in [4.69, 9.17) is 11.6 Å². The molecule has 0 bridgehead atoms. The third-order valence-corrected chi connectivity index (χ3v) is 6.37. The van der Waals surface area contributed by atoms with Crippen LogP contribution in [-0.2, 0) is 5.75 Å². The summed E-state index contributed by atoms with van der Waals surface area (Å²) in [6.07, 6.45) is 1.04. The molecule has 0 spiro atoms. The van der Waals surface area contributed by atoms with Gasteiger partial charge >= 0.3 is 0 Å². The number of hydrogen-bond donors (Lipinski definition) is 0. The highest BCUT2D eigenvalue weighted by Gasteiger charge is 2.21. The minimum atomic E-state index is 0.111.